The highest BCUT2D eigenvalue weighted by Gasteiger charge is 2.59. The number of carboxylic acids is 1. The van der Waals surface area contributed by atoms with Crippen molar-refractivity contribution in [1.29, 1.82) is 5.26 Å². The molecular formula is C20H18N2O3. The highest BCUT2D eigenvalue weighted by atomic mass is 16.4. The molecule has 0 aromatic heterocycles. The van der Waals surface area contributed by atoms with Crippen LogP contribution in [0.25, 0.3) is 0 Å². The van der Waals surface area contributed by atoms with Gasteiger partial charge >= 0.3 is 5.97 Å². The van der Waals surface area contributed by atoms with Gasteiger partial charge in [0.15, 0.2) is 5.41 Å². The first-order chi connectivity index (χ1) is 12.0. The van der Waals surface area contributed by atoms with Gasteiger partial charge in [-0.15, -0.1) is 0 Å². The van der Waals surface area contributed by atoms with Crippen LogP contribution in [0.3, 0.4) is 0 Å². The number of aliphatic carboxylic acids is 1. The summed E-state index contributed by atoms with van der Waals surface area (Å²) in [5, 5.41) is 19.5. The Morgan fingerprint density at radius 3 is 2.28 bits per heavy atom. The molecule has 5 nitrogen and oxygen atoms in total. The average Bonchev–Trinajstić information content (AvgIpc) is 2.96. The minimum absolute atomic E-state index is 0.324. The van der Waals surface area contributed by atoms with Crippen LogP contribution in [0.4, 0.5) is 0 Å². The van der Waals surface area contributed by atoms with Gasteiger partial charge in [0.2, 0.25) is 5.91 Å². The van der Waals surface area contributed by atoms with Crippen molar-refractivity contribution >= 4 is 11.9 Å². The minimum Gasteiger partial charge on any atom is -0.480 e. The third-order valence-electron chi connectivity index (χ3n) is 4.86. The Kier molecular flexibility index (Phi) is 4.28. The van der Waals surface area contributed by atoms with Crippen LogP contribution in [-0.4, -0.2) is 21.9 Å². The standard InChI is InChI=1S/C20H18N2O3/c1-14(15-8-4-2-5-9-15)22-17(23)12-20(13-21,19(24)25)18(22)16-10-6-3-7-11-16/h2-11,14,18H,12H2,1H3,(H,24,25)/t14-,18-,20-/m0/s1. The Bertz CT molecular complexity index is 829. The largest absolute Gasteiger partial charge is 0.480 e. The number of likely N-dealkylation sites (tertiary alicyclic amines) is 1. The fourth-order valence-corrected chi connectivity index (χ4v) is 3.56. The highest BCUT2D eigenvalue weighted by molar-refractivity contribution is 5.92. The normalized spacial score (nSPS) is 23.9. The molecule has 0 spiro atoms. The van der Waals surface area contributed by atoms with E-state index in [1.54, 1.807) is 29.2 Å². The molecule has 25 heavy (non-hydrogen) atoms. The summed E-state index contributed by atoms with van der Waals surface area (Å²) in [7, 11) is 0. The van der Waals surface area contributed by atoms with Gasteiger partial charge in [-0.2, -0.15) is 5.26 Å². The van der Waals surface area contributed by atoms with Gasteiger partial charge in [-0.25, -0.2) is 0 Å². The number of hydrogen-bond acceptors (Lipinski definition) is 3. The second kappa shape index (κ2) is 6.40. The molecule has 0 saturated carbocycles. The highest BCUT2D eigenvalue weighted by Crippen LogP contribution is 2.51. The molecule has 3 rings (SSSR count). The number of benzene rings is 2. The fraction of sp³-hybridized carbons (Fsp3) is 0.250. The van der Waals surface area contributed by atoms with E-state index in [0.717, 1.165) is 5.56 Å². The van der Waals surface area contributed by atoms with E-state index in [4.69, 9.17) is 0 Å². The quantitative estimate of drug-likeness (QED) is 0.930. The Morgan fingerprint density at radius 2 is 1.76 bits per heavy atom. The van der Waals surface area contributed by atoms with Crippen LogP contribution in [0.1, 0.15) is 36.6 Å². The maximum atomic E-state index is 12.8. The van der Waals surface area contributed by atoms with Gasteiger partial charge in [-0.3, -0.25) is 9.59 Å². The maximum Gasteiger partial charge on any atom is 0.327 e. The molecule has 1 heterocycles. The van der Waals surface area contributed by atoms with E-state index in [1.807, 2.05) is 49.4 Å². The van der Waals surface area contributed by atoms with E-state index in [9.17, 15) is 20.0 Å². The zero-order valence-electron chi connectivity index (χ0n) is 13.8. The Balaban J connectivity index is 2.15. The lowest BCUT2D eigenvalue weighted by Crippen LogP contribution is -2.38. The summed E-state index contributed by atoms with van der Waals surface area (Å²) in [5.41, 5.74) is -0.238. The molecule has 0 radical (unpaired) electrons. The number of amides is 1. The zero-order valence-corrected chi connectivity index (χ0v) is 13.8. The molecular weight excluding hydrogens is 316 g/mol. The summed E-state index contributed by atoms with van der Waals surface area (Å²) in [6, 6.07) is 19.1. The predicted molar refractivity (Wildman–Crippen MR) is 91.2 cm³/mol. The maximum absolute atomic E-state index is 12.8. The van der Waals surface area contributed by atoms with Gasteiger partial charge in [0.25, 0.3) is 0 Å². The Labute approximate surface area is 146 Å². The minimum atomic E-state index is -1.79. The summed E-state index contributed by atoms with van der Waals surface area (Å²) in [5.74, 6) is -1.59. The van der Waals surface area contributed by atoms with E-state index in [0.29, 0.717) is 5.56 Å². The van der Waals surface area contributed by atoms with Crippen molar-refractivity contribution in [3.63, 3.8) is 0 Å². The molecule has 2 aromatic rings. The molecule has 1 aliphatic rings. The average molecular weight is 334 g/mol. The van der Waals surface area contributed by atoms with Crippen molar-refractivity contribution in [3.05, 3.63) is 71.8 Å². The van der Waals surface area contributed by atoms with Crippen LogP contribution >= 0.6 is 0 Å². The number of carbonyl (C=O) groups is 2. The summed E-state index contributed by atoms with van der Waals surface area (Å²) in [4.78, 5) is 26.3. The van der Waals surface area contributed by atoms with E-state index >= 15 is 0 Å². The van der Waals surface area contributed by atoms with Crippen LogP contribution in [-0.2, 0) is 9.59 Å². The van der Waals surface area contributed by atoms with Crippen molar-refractivity contribution < 1.29 is 14.7 Å². The second-order valence-corrected chi connectivity index (χ2v) is 6.27. The second-order valence-electron chi connectivity index (χ2n) is 6.27. The van der Waals surface area contributed by atoms with Gasteiger partial charge in [0.05, 0.1) is 24.6 Å². The Hall–Kier alpha value is -3.13. The molecule has 5 heteroatoms. The van der Waals surface area contributed by atoms with Crippen molar-refractivity contribution in [2.75, 3.05) is 0 Å². The number of carboxylic acid groups (broad SMARTS) is 1. The molecule has 0 unspecified atom stereocenters. The third-order valence-corrected chi connectivity index (χ3v) is 4.86. The zero-order chi connectivity index (χ0) is 18.0. The first kappa shape index (κ1) is 16.7. The van der Waals surface area contributed by atoms with Gasteiger partial charge < -0.3 is 10.0 Å². The summed E-state index contributed by atoms with van der Waals surface area (Å²) >= 11 is 0. The number of nitrogens with zero attached hydrogens (tertiary/aromatic N) is 2. The first-order valence-electron chi connectivity index (χ1n) is 8.07. The summed E-state index contributed by atoms with van der Waals surface area (Å²) in [6.45, 7) is 1.86. The van der Waals surface area contributed by atoms with Crippen LogP contribution in [0.2, 0.25) is 0 Å². The predicted octanol–water partition coefficient (Wildman–Crippen LogP) is 3.32. The van der Waals surface area contributed by atoms with Crippen LogP contribution in [0.15, 0.2) is 60.7 Å². The molecule has 0 bridgehead atoms. The van der Waals surface area contributed by atoms with Crippen molar-refractivity contribution in [1.82, 2.24) is 4.90 Å². The monoisotopic (exact) mass is 334 g/mol. The molecule has 1 N–H and O–H groups in total. The van der Waals surface area contributed by atoms with Gasteiger partial charge in [0.1, 0.15) is 0 Å². The first-order valence-corrected chi connectivity index (χ1v) is 8.07. The van der Waals surface area contributed by atoms with Crippen LogP contribution < -0.4 is 0 Å². The van der Waals surface area contributed by atoms with Crippen LogP contribution in [0.5, 0.6) is 0 Å². The van der Waals surface area contributed by atoms with Crippen molar-refractivity contribution in [2.45, 2.75) is 25.4 Å². The Morgan fingerprint density at radius 1 is 1.20 bits per heavy atom. The van der Waals surface area contributed by atoms with Crippen molar-refractivity contribution in [3.8, 4) is 6.07 Å². The van der Waals surface area contributed by atoms with E-state index in [1.165, 1.54) is 0 Å². The summed E-state index contributed by atoms with van der Waals surface area (Å²) < 4.78 is 0. The van der Waals surface area contributed by atoms with Gasteiger partial charge in [-0.05, 0) is 18.1 Å². The molecule has 126 valence electrons. The van der Waals surface area contributed by atoms with Crippen LogP contribution in [0, 0.1) is 16.7 Å². The number of hydrogen-bond donors (Lipinski definition) is 1. The van der Waals surface area contributed by atoms with E-state index in [2.05, 4.69) is 0 Å². The smallest absolute Gasteiger partial charge is 0.327 e. The SMILES string of the molecule is C[C@@H](c1ccccc1)N1C(=O)C[C@@](C#N)(C(=O)O)[C@@H]1c1ccccc1. The summed E-state index contributed by atoms with van der Waals surface area (Å²) in [6.07, 6.45) is -0.324. The van der Waals surface area contributed by atoms with Gasteiger partial charge in [0, 0.05) is 0 Å². The molecule has 3 atom stereocenters. The third kappa shape index (κ3) is 2.66. The number of rotatable bonds is 4. The van der Waals surface area contributed by atoms with E-state index in [-0.39, 0.29) is 18.4 Å². The molecule has 1 saturated heterocycles. The fourth-order valence-electron chi connectivity index (χ4n) is 3.56. The van der Waals surface area contributed by atoms with E-state index < -0.39 is 17.4 Å². The van der Waals surface area contributed by atoms with Gasteiger partial charge in [-0.1, -0.05) is 60.7 Å². The lowest BCUT2D eigenvalue weighted by molar-refractivity contribution is -0.147. The van der Waals surface area contributed by atoms with Crippen molar-refractivity contribution in [2.24, 2.45) is 5.41 Å². The number of nitriles is 1. The molecule has 1 amide bonds. The molecule has 1 fully saturated rings. The molecule has 2 aromatic carbocycles. The molecule has 0 aliphatic carbocycles. The number of carbonyl (C=O) groups excluding carboxylic acids is 1. The topological polar surface area (TPSA) is 81.4 Å². The lowest BCUT2D eigenvalue weighted by Gasteiger charge is -2.35. The lowest BCUT2D eigenvalue weighted by atomic mass is 9.78. The molecule has 1 aliphatic heterocycles.